The van der Waals surface area contributed by atoms with Crippen molar-refractivity contribution in [3.63, 3.8) is 0 Å². The second kappa shape index (κ2) is 9.12. The molecule has 1 N–H and O–H groups in total. The van der Waals surface area contributed by atoms with E-state index in [-0.39, 0.29) is 41.4 Å². The van der Waals surface area contributed by atoms with E-state index in [1.807, 2.05) is 44.2 Å². The molecule has 33 heavy (non-hydrogen) atoms. The summed E-state index contributed by atoms with van der Waals surface area (Å²) in [6.07, 6.45) is 6.39. The number of hydrogen-bond acceptors (Lipinski definition) is 5. The van der Waals surface area contributed by atoms with Crippen LogP contribution in [0.4, 0.5) is 5.69 Å². The van der Waals surface area contributed by atoms with Crippen molar-refractivity contribution in [3.8, 4) is 0 Å². The Morgan fingerprint density at radius 2 is 1.58 bits per heavy atom. The minimum atomic E-state index is -1.03. The van der Waals surface area contributed by atoms with Crippen LogP contribution in [0.2, 0.25) is 0 Å². The minimum absolute atomic E-state index is 0.0717. The Balaban J connectivity index is 1.44. The maximum Gasteiger partial charge on any atom is 0.330 e. The summed E-state index contributed by atoms with van der Waals surface area (Å²) in [6, 6.07) is 4.84. The molecule has 4 rings (SSSR count). The van der Waals surface area contributed by atoms with E-state index in [4.69, 9.17) is 4.74 Å². The summed E-state index contributed by atoms with van der Waals surface area (Å²) in [5.74, 6) is -2.67. The third-order valence-corrected chi connectivity index (χ3v) is 7.26. The molecule has 1 aliphatic heterocycles. The zero-order valence-electron chi connectivity index (χ0n) is 19.7. The summed E-state index contributed by atoms with van der Waals surface area (Å²) in [7, 11) is 0. The molecule has 2 fully saturated rings. The van der Waals surface area contributed by atoms with Gasteiger partial charge in [-0.25, -0.2) is 4.79 Å². The molecule has 1 heterocycles. The van der Waals surface area contributed by atoms with Crippen molar-refractivity contribution in [2.24, 2.45) is 29.6 Å². The van der Waals surface area contributed by atoms with Crippen LogP contribution in [0.25, 0.3) is 0 Å². The van der Waals surface area contributed by atoms with Crippen LogP contribution in [-0.4, -0.2) is 41.2 Å². The summed E-state index contributed by atoms with van der Waals surface area (Å²) in [5.41, 5.74) is 2.78. The molecule has 3 amide bonds. The molecule has 7 nitrogen and oxygen atoms in total. The number of likely N-dealkylation sites (tertiary alicyclic amines) is 1. The highest BCUT2D eigenvalue weighted by Crippen LogP contribution is 2.53. The zero-order valence-corrected chi connectivity index (χ0v) is 19.7. The number of ether oxygens (including phenoxy) is 1. The van der Waals surface area contributed by atoms with E-state index < -0.39 is 24.5 Å². The summed E-state index contributed by atoms with van der Waals surface area (Å²) < 4.78 is 5.33. The molecular weight excluding hydrogens is 420 g/mol. The van der Waals surface area contributed by atoms with Gasteiger partial charge in [0.25, 0.3) is 5.91 Å². The lowest BCUT2D eigenvalue weighted by atomic mass is 9.85. The molecule has 0 unspecified atom stereocenters. The van der Waals surface area contributed by atoms with Gasteiger partial charge in [-0.3, -0.25) is 19.3 Å². The first-order chi connectivity index (χ1) is 15.8. The molecule has 3 aliphatic rings. The van der Waals surface area contributed by atoms with E-state index in [1.54, 1.807) is 13.8 Å². The van der Waals surface area contributed by atoms with Gasteiger partial charge in [0, 0.05) is 5.69 Å². The number of aryl methyl sites for hydroxylation is 2. The molecule has 1 aromatic carbocycles. The number of carbonyl (C=O) groups excluding carboxylic acids is 4. The number of fused-ring (bicyclic) bond motifs is 5. The Morgan fingerprint density at radius 1 is 1.03 bits per heavy atom. The van der Waals surface area contributed by atoms with Gasteiger partial charge >= 0.3 is 5.97 Å². The fraction of sp³-hybridized carbons (Fsp3) is 0.538. The topological polar surface area (TPSA) is 92.8 Å². The number of nitrogens with zero attached hydrogens (tertiary/aromatic N) is 1. The van der Waals surface area contributed by atoms with Gasteiger partial charge in [0.05, 0.1) is 11.8 Å². The Hall–Kier alpha value is -2.96. The predicted octanol–water partition coefficient (Wildman–Crippen LogP) is 3.12. The first-order valence-corrected chi connectivity index (χ1v) is 11.9. The Labute approximate surface area is 194 Å². The van der Waals surface area contributed by atoms with E-state index in [0.29, 0.717) is 0 Å². The smallest absolute Gasteiger partial charge is 0.330 e. The lowest BCUT2D eigenvalue weighted by Gasteiger charge is -2.28. The van der Waals surface area contributed by atoms with Crippen LogP contribution >= 0.6 is 0 Å². The lowest BCUT2D eigenvalue weighted by molar-refractivity contribution is -0.162. The number of amides is 3. The Bertz CT molecular complexity index is 962. The number of imide groups is 1. The molecule has 5 atom stereocenters. The zero-order chi connectivity index (χ0) is 23.9. The van der Waals surface area contributed by atoms with Gasteiger partial charge < -0.3 is 10.1 Å². The largest absolute Gasteiger partial charge is 0.454 e. The van der Waals surface area contributed by atoms with Gasteiger partial charge in [0.2, 0.25) is 11.8 Å². The van der Waals surface area contributed by atoms with Crippen molar-refractivity contribution in [2.75, 3.05) is 11.9 Å². The second-order valence-corrected chi connectivity index (χ2v) is 9.55. The maximum absolute atomic E-state index is 13.1. The monoisotopic (exact) mass is 452 g/mol. The fourth-order valence-electron chi connectivity index (χ4n) is 5.68. The van der Waals surface area contributed by atoms with Gasteiger partial charge in [-0.2, -0.15) is 0 Å². The highest BCUT2D eigenvalue weighted by molar-refractivity contribution is 6.09. The molecular formula is C26H32N2O5. The van der Waals surface area contributed by atoms with E-state index in [1.165, 1.54) is 0 Å². The number of nitrogens with one attached hydrogen (secondary N) is 1. The number of rotatable bonds is 8. The first kappa shape index (κ1) is 23.2. The normalized spacial score (nSPS) is 26.2. The summed E-state index contributed by atoms with van der Waals surface area (Å²) in [5, 5.41) is 2.87. The van der Waals surface area contributed by atoms with Crippen molar-refractivity contribution < 1.29 is 23.9 Å². The predicted molar refractivity (Wildman–Crippen MR) is 123 cm³/mol. The highest BCUT2D eigenvalue weighted by Gasteiger charge is 2.61. The number of allylic oxidation sites excluding steroid dienone is 2. The number of esters is 1. The molecule has 1 saturated carbocycles. The Morgan fingerprint density at radius 3 is 2.06 bits per heavy atom. The second-order valence-electron chi connectivity index (χ2n) is 9.55. The van der Waals surface area contributed by atoms with Gasteiger partial charge in [0.15, 0.2) is 6.61 Å². The van der Waals surface area contributed by atoms with Crippen molar-refractivity contribution in [3.05, 3.63) is 41.5 Å². The molecule has 7 heteroatoms. The van der Waals surface area contributed by atoms with E-state index in [0.717, 1.165) is 41.0 Å². The van der Waals surface area contributed by atoms with E-state index in [9.17, 15) is 19.2 Å². The number of carbonyl (C=O) groups is 4. The molecule has 0 spiro atoms. The standard InChI is InChI=1S/C26H32N2O5/c1-5-15-8-7-9-16(6-2)22(15)27-19(29)13-33-26(32)23(14(3)4)28-24(30)20-17-10-11-18(12-17)21(20)25(28)31/h7-11,14,17-18,20-21,23H,5-6,12-13H2,1-4H3,(H,27,29)/t17-,18-,20-,21+,23+/m0/s1. The van der Waals surface area contributed by atoms with Crippen LogP contribution in [-0.2, 0) is 36.8 Å². The number of anilines is 1. The van der Waals surface area contributed by atoms with Gasteiger partial charge in [-0.1, -0.05) is 58.0 Å². The average molecular weight is 453 g/mol. The number of para-hydroxylation sites is 1. The first-order valence-electron chi connectivity index (χ1n) is 11.9. The summed E-state index contributed by atoms with van der Waals surface area (Å²) >= 11 is 0. The third kappa shape index (κ3) is 3.98. The van der Waals surface area contributed by atoms with Crippen LogP contribution in [0.5, 0.6) is 0 Å². The Kier molecular flexibility index (Phi) is 6.41. The SMILES string of the molecule is CCc1cccc(CC)c1NC(=O)COC(=O)[C@@H](C(C)C)N1C(=O)[C@@H]2[C@H](C1=O)[C@H]1C=C[C@H]2C1. The minimum Gasteiger partial charge on any atom is -0.454 e. The average Bonchev–Trinajstić information content (AvgIpc) is 3.47. The molecule has 2 aliphatic carbocycles. The van der Waals surface area contributed by atoms with Crippen LogP contribution in [0.3, 0.4) is 0 Å². The van der Waals surface area contributed by atoms with Crippen molar-refractivity contribution in [2.45, 2.75) is 53.0 Å². The molecule has 0 aromatic heterocycles. The third-order valence-electron chi connectivity index (χ3n) is 7.26. The van der Waals surface area contributed by atoms with Crippen LogP contribution in [0.15, 0.2) is 30.4 Å². The van der Waals surface area contributed by atoms with Gasteiger partial charge in [0.1, 0.15) is 6.04 Å². The molecule has 0 radical (unpaired) electrons. The number of hydrogen-bond donors (Lipinski definition) is 1. The van der Waals surface area contributed by atoms with Crippen molar-refractivity contribution in [1.29, 1.82) is 0 Å². The van der Waals surface area contributed by atoms with Crippen molar-refractivity contribution >= 4 is 29.4 Å². The van der Waals surface area contributed by atoms with Crippen LogP contribution in [0.1, 0.15) is 45.2 Å². The van der Waals surface area contributed by atoms with Gasteiger partial charge in [-0.15, -0.1) is 0 Å². The molecule has 2 bridgehead atoms. The quantitative estimate of drug-likeness (QED) is 0.372. The lowest BCUT2D eigenvalue weighted by Crippen LogP contribution is -2.50. The highest BCUT2D eigenvalue weighted by atomic mass is 16.5. The summed E-state index contributed by atoms with van der Waals surface area (Å²) in [6.45, 7) is 7.11. The molecule has 176 valence electrons. The van der Waals surface area contributed by atoms with Crippen molar-refractivity contribution in [1.82, 2.24) is 4.90 Å². The molecule has 1 saturated heterocycles. The van der Waals surface area contributed by atoms with Crippen LogP contribution < -0.4 is 5.32 Å². The fourth-order valence-corrected chi connectivity index (χ4v) is 5.68. The summed E-state index contributed by atoms with van der Waals surface area (Å²) in [4.78, 5) is 53.0. The maximum atomic E-state index is 13.1. The van der Waals surface area contributed by atoms with E-state index in [2.05, 4.69) is 5.32 Å². The van der Waals surface area contributed by atoms with E-state index >= 15 is 0 Å². The number of benzene rings is 1. The van der Waals surface area contributed by atoms with Crippen LogP contribution in [0, 0.1) is 29.6 Å². The molecule has 1 aromatic rings. The van der Waals surface area contributed by atoms with Gasteiger partial charge in [-0.05, 0) is 48.1 Å².